The van der Waals surface area contributed by atoms with Gasteiger partial charge in [0.25, 0.3) is 5.91 Å². The minimum atomic E-state index is -0.466. The predicted molar refractivity (Wildman–Crippen MR) is 69.6 cm³/mol. The molecule has 0 saturated heterocycles. The van der Waals surface area contributed by atoms with E-state index in [9.17, 15) is 9.18 Å². The second-order valence-electron chi connectivity index (χ2n) is 3.86. The zero-order valence-corrected chi connectivity index (χ0v) is 10.6. The summed E-state index contributed by atoms with van der Waals surface area (Å²) in [5, 5.41) is 2.53. The summed E-state index contributed by atoms with van der Waals surface area (Å²) in [5.74, 6) is -0.504. The monoisotopic (exact) mass is 260 g/mol. The van der Waals surface area contributed by atoms with Crippen molar-refractivity contribution in [3.05, 3.63) is 47.9 Å². The molecule has 1 aromatic heterocycles. The van der Waals surface area contributed by atoms with Crippen LogP contribution in [0, 0.1) is 5.82 Å². The van der Waals surface area contributed by atoms with Gasteiger partial charge in [0.2, 0.25) is 0 Å². The standard InChI is InChI=1S/C14H13FN2O2/c1-16-14(18)10-5-6-17-12(8-10)9-3-4-13(19-2)11(15)7-9/h3-8H,1-2H3,(H,16,18). The fourth-order valence-corrected chi connectivity index (χ4v) is 1.70. The van der Waals surface area contributed by atoms with Gasteiger partial charge in [0.05, 0.1) is 12.8 Å². The van der Waals surface area contributed by atoms with E-state index >= 15 is 0 Å². The van der Waals surface area contributed by atoms with Crippen molar-refractivity contribution in [3.8, 4) is 17.0 Å². The van der Waals surface area contributed by atoms with Crippen LogP contribution < -0.4 is 10.1 Å². The molecule has 2 rings (SSSR count). The van der Waals surface area contributed by atoms with E-state index in [1.165, 1.54) is 25.4 Å². The van der Waals surface area contributed by atoms with Gasteiger partial charge in [-0.25, -0.2) is 4.39 Å². The summed E-state index contributed by atoms with van der Waals surface area (Å²) in [4.78, 5) is 15.7. The molecule has 4 nitrogen and oxygen atoms in total. The van der Waals surface area contributed by atoms with Crippen molar-refractivity contribution in [1.82, 2.24) is 10.3 Å². The van der Waals surface area contributed by atoms with Gasteiger partial charge < -0.3 is 10.1 Å². The molecule has 1 N–H and O–H groups in total. The Balaban J connectivity index is 2.41. The van der Waals surface area contributed by atoms with Crippen molar-refractivity contribution in [2.24, 2.45) is 0 Å². The van der Waals surface area contributed by atoms with Crippen molar-refractivity contribution in [2.45, 2.75) is 0 Å². The number of ether oxygens (including phenoxy) is 1. The Labute approximate surface area is 110 Å². The van der Waals surface area contributed by atoms with Crippen molar-refractivity contribution >= 4 is 5.91 Å². The first-order valence-electron chi connectivity index (χ1n) is 5.67. The third-order valence-electron chi connectivity index (χ3n) is 2.70. The number of aromatic nitrogens is 1. The molecule has 1 amide bonds. The van der Waals surface area contributed by atoms with Gasteiger partial charge in [0.1, 0.15) is 0 Å². The van der Waals surface area contributed by atoms with Gasteiger partial charge in [-0.1, -0.05) is 0 Å². The number of nitrogens with zero attached hydrogens (tertiary/aromatic N) is 1. The summed E-state index contributed by atoms with van der Waals surface area (Å²) in [6.45, 7) is 0. The average Bonchev–Trinajstić information content (AvgIpc) is 2.46. The van der Waals surface area contributed by atoms with E-state index in [2.05, 4.69) is 10.3 Å². The number of hydrogen-bond donors (Lipinski definition) is 1. The molecule has 1 heterocycles. The smallest absolute Gasteiger partial charge is 0.251 e. The first-order chi connectivity index (χ1) is 9.15. The summed E-state index contributed by atoms with van der Waals surface area (Å²) in [5.41, 5.74) is 1.59. The molecule has 0 atom stereocenters. The Hall–Kier alpha value is -2.43. The van der Waals surface area contributed by atoms with Crippen molar-refractivity contribution in [3.63, 3.8) is 0 Å². The van der Waals surface area contributed by atoms with Crippen LogP contribution in [0.2, 0.25) is 0 Å². The minimum Gasteiger partial charge on any atom is -0.494 e. The maximum absolute atomic E-state index is 13.6. The second kappa shape index (κ2) is 5.48. The molecule has 0 aliphatic rings. The third kappa shape index (κ3) is 2.70. The predicted octanol–water partition coefficient (Wildman–Crippen LogP) is 2.26. The zero-order valence-electron chi connectivity index (χ0n) is 10.6. The molecule has 98 valence electrons. The number of pyridine rings is 1. The summed E-state index contributed by atoms with van der Waals surface area (Å²) >= 11 is 0. The number of carbonyl (C=O) groups excluding carboxylic acids is 1. The molecule has 19 heavy (non-hydrogen) atoms. The van der Waals surface area contributed by atoms with Gasteiger partial charge in [-0.15, -0.1) is 0 Å². The number of benzene rings is 1. The van der Waals surface area contributed by atoms with Crippen LogP contribution in [0.3, 0.4) is 0 Å². The Morgan fingerprint density at radius 1 is 1.32 bits per heavy atom. The van der Waals surface area contributed by atoms with E-state index in [1.54, 1.807) is 25.2 Å². The molecule has 0 spiro atoms. The number of nitrogens with one attached hydrogen (secondary N) is 1. The molecule has 1 aromatic carbocycles. The first kappa shape index (κ1) is 13.0. The fourth-order valence-electron chi connectivity index (χ4n) is 1.70. The fraction of sp³-hybridized carbons (Fsp3) is 0.143. The lowest BCUT2D eigenvalue weighted by Gasteiger charge is -2.06. The number of rotatable bonds is 3. The number of methoxy groups -OCH3 is 1. The van der Waals surface area contributed by atoms with Crippen LogP contribution >= 0.6 is 0 Å². The molecular formula is C14H13FN2O2. The number of amides is 1. The highest BCUT2D eigenvalue weighted by molar-refractivity contribution is 5.94. The quantitative estimate of drug-likeness (QED) is 0.921. The summed E-state index contributed by atoms with van der Waals surface area (Å²) < 4.78 is 18.5. The topological polar surface area (TPSA) is 51.2 Å². The highest BCUT2D eigenvalue weighted by Gasteiger charge is 2.09. The van der Waals surface area contributed by atoms with Gasteiger partial charge in [-0.05, 0) is 30.3 Å². The molecule has 0 fully saturated rings. The van der Waals surface area contributed by atoms with Gasteiger partial charge in [-0.3, -0.25) is 9.78 Å². The van der Waals surface area contributed by atoms with Crippen molar-refractivity contribution in [1.29, 1.82) is 0 Å². The lowest BCUT2D eigenvalue weighted by molar-refractivity contribution is 0.0963. The third-order valence-corrected chi connectivity index (χ3v) is 2.70. The zero-order chi connectivity index (χ0) is 13.8. The largest absolute Gasteiger partial charge is 0.494 e. The molecule has 5 heteroatoms. The molecule has 0 aliphatic heterocycles. The summed E-state index contributed by atoms with van der Waals surface area (Å²) in [6, 6.07) is 7.76. The molecule has 2 aromatic rings. The summed E-state index contributed by atoms with van der Waals surface area (Å²) in [6.07, 6.45) is 1.52. The van der Waals surface area contributed by atoms with Crippen LogP contribution in [0.15, 0.2) is 36.5 Å². The van der Waals surface area contributed by atoms with Crippen molar-refractivity contribution < 1.29 is 13.9 Å². The van der Waals surface area contributed by atoms with Gasteiger partial charge in [-0.2, -0.15) is 0 Å². The van der Waals surface area contributed by atoms with Gasteiger partial charge in [0.15, 0.2) is 11.6 Å². The minimum absolute atomic E-state index is 0.172. The Morgan fingerprint density at radius 2 is 2.11 bits per heavy atom. The van der Waals surface area contributed by atoms with E-state index in [1.807, 2.05) is 0 Å². The van der Waals surface area contributed by atoms with E-state index in [-0.39, 0.29) is 11.7 Å². The highest BCUT2D eigenvalue weighted by atomic mass is 19.1. The summed E-state index contributed by atoms with van der Waals surface area (Å²) in [7, 11) is 2.96. The average molecular weight is 260 g/mol. The van der Waals surface area contributed by atoms with Crippen LogP contribution in [-0.2, 0) is 0 Å². The molecule has 0 aliphatic carbocycles. The molecule has 0 bridgehead atoms. The molecular weight excluding hydrogens is 247 g/mol. The van der Waals surface area contributed by atoms with Crippen LogP contribution in [0.25, 0.3) is 11.3 Å². The Bertz CT molecular complexity index is 614. The maximum Gasteiger partial charge on any atom is 0.251 e. The number of hydrogen-bond acceptors (Lipinski definition) is 3. The highest BCUT2D eigenvalue weighted by Crippen LogP contribution is 2.24. The van der Waals surface area contributed by atoms with Crippen LogP contribution in [0.5, 0.6) is 5.75 Å². The van der Waals surface area contributed by atoms with Gasteiger partial charge >= 0.3 is 0 Å². The Morgan fingerprint density at radius 3 is 2.74 bits per heavy atom. The maximum atomic E-state index is 13.6. The number of halogens is 1. The van der Waals surface area contributed by atoms with Gasteiger partial charge in [0, 0.05) is 24.4 Å². The van der Waals surface area contributed by atoms with Crippen LogP contribution in [0.1, 0.15) is 10.4 Å². The van der Waals surface area contributed by atoms with Crippen LogP contribution in [0.4, 0.5) is 4.39 Å². The Kier molecular flexibility index (Phi) is 3.75. The molecule has 0 unspecified atom stereocenters. The second-order valence-corrected chi connectivity index (χ2v) is 3.86. The lowest BCUT2D eigenvalue weighted by atomic mass is 10.1. The molecule has 0 saturated carbocycles. The van der Waals surface area contributed by atoms with E-state index in [0.29, 0.717) is 16.8 Å². The van der Waals surface area contributed by atoms with E-state index in [0.717, 1.165) is 0 Å². The normalized spacial score (nSPS) is 10.1. The number of carbonyl (C=O) groups is 1. The van der Waals surface area contributed by atoms with E-state index in [4.69, 9.17) is 4.74 Å². The SMILES string of the molecule is CNC(=O)c1ccnc(-c2ccc(OC)c(F)c2)c1. The van der Waals surface area contributed by atoms with E-state index < -0.39 is 5.82 Å². The first-order valence-corrected chi connectivity index (χ1v) is 5.67. The van der Waals surface area contributed by atoms with Crippen LogP contribution in [-0.4, -0.2) is 25.0 Å². The lowest BCUT2D eigenvalue weighted by Crippen LogP contribution is -2.17. The van der Waals surface area contributed by atoms with Crippen molar-refractivity contribution in [2.75, 3.05) is 14.2 Å². The molecule has 0 radical (unpaired) electrons.